The molecule has 0 bridgehead atoms. The number of nitro benzene ring substituents is 2. The maximum atomic E-state index is 11.3. The van der Waals surface area contributed by atoms with Gasteiger partial charge in [0.1, 0.15) is 0 Å². The lowest BCUT2D eigenvalue weighted by Crippen LogP contribution is -2.59. The molecular weight excluding hydrogens is 324 g/mol. The van der Waals surface area contributed by atoms with E-state index in [-0.39, 0.29) is 24.1 Å². The lowest BCUT2D eigenvalue weighted by molar-refractivity contribution is -0.394. The highest BCUT2D eigenvalue weighted by Gasteiger charge is 2.82. The molecule has 0 unspecified atom stereocenters. The molecule has 0 aromatic heterocycles. The Labute approximate surface area is 143 Å². The molecular formula is C18H18N2O5. The number of hydrogen-bond donors (Lipinski definition) is 0. The summed E-state index contributed by atoms with van der Waals surface area (Å²) in [7, 11) is 0. The Balaban J connectivity index is 1.21. The van der Waals surface area contributed by atoms with E-state index in [1.807, 2.05) is 0 Å². The zero-order valence-corrected chi connectivity index (χ0v) is 13.5. The molecule has 5 aliphatic carbocycles. The average Bonchev–Trinajstić information content (AvgIpc) is 3.24. The van der Waals surface area contributed by atoms with Crippen LogP contribution >= 0.6 is 0 Å². The Morgan fingerprint density at radius 1 is 0.920 bits per heavy atom. The lowest BCUT2D eigenvalue weighted by atomic mass is 9.43. The van der Waals surface area contributed by atoms with Crippen molar-refractivity contribution >= 4 is 11.4 Å². The molecule has 1 aromatic rings. The molecule has 5 saturated carbocycles. The van der Waals surface area contributed by atoms with Crippen LogP contribution in [0.2, 0.25) is 0 Å². The van der Waals surface area contributed by atoms with E-state index in [9.17, 15) is 20.2 Å². The molecule has 130 valence electrons. The van der Waals surface area contributed by atoms with Crippen molar-refractivity contribution in [2.24, 2.45) is 47.3 Å². The average molecular weight is 342 g/mol. The number of non-ortho nitro benzene ring substituents is 1. The SMILES string of the molecule is O=[N+]([O-])c1ccc(CO[C@H]2C[C@@H]3[C@@H]4[C@@H]5C[C@@H]5[C@@H]5[C@@H]4[C@H]3[C@@H]52)c([N+](=O)[O-])c1. The second-order valence-corrected chi connectivity index (χ2v) is 8.53. The van der Waals surface area contributed by atoms with Gasteiger partial charge < -0.3 is 4.74 Å². The van der Waals surface area contributed by atoms with E-state index >= 15 is 0 Å². The van der Waals surface area contributed by atoms with Crippen LogP contribution in [0.25, 0.3) is 0 Å². The first-order valence-corrected chi connectivity index (χ1v) is 9.09. The van der Waals surface area contributed by atoms with Gasteiger partial charge in [-0.15, -0.1) is 0 Å². The Kier molecular flexibility index (Phi) is 2.49. The van der Waals surface area contributed by atoms with Crippen LogP contribution in [0.15, 0.2) is 18.2 Å². The number of nitrogens with zero attached hydrogens (tertiary/aromatic N) is 2. The predicted octanol–water partition coefficient (Wildman–Crippen LogP) is 3.17. The van der Waals surface area contributed by atoms with Crippen LogP contribution in [-0.2, 0) is 11.3 Å². The van der Waals surface area contributed by atoms with Gasteiger partial charge in [-0.1, -0.05) is 0 Å². The molecule has 5 aliphatic rings. The first kappa shape index (κ1) is 14.2. The summed E-state index contributed by atoms with van der Waals surface area (Å²) in [6.07, 6.45) is 2.75. The van der Waals surface area contributed by atoms with Crippen LogP contribution in [0.3, 0.4) is 0 Å². The Morgan fingerprint density at radius 3 is 2.44 bits per heavy atom. The van der Waals surface area contributed by atoms with Gasteiger partial charge in [0.15, 0.2) is 0 Å². The quantitative estimate of drug-likeness (QED) is 0.605. The molecule has 6 rings (SSSR count). The van der Waals surface area contributed by atoms with Crippen molar-refractivity contribution in [3.05, 3.63) is 44.0 Å². The van der Waals surface area contributed by atoms with Crippen LogP contribution < -0.4 is 0 Å². The molecule has 0 spiro atoms. The third-order valence-corrected chi connectivity index (χ3v) is 7.95. The summed E-state index contributed by atoms with van der Waals surface area (Å²) in [4.78, 5) is 20.9. The molecule has 0 radical (unpaired) electrons. The van der Waals surface area contributed by atoms with Crippen molar-refractivity contribution in [2.75, 3.05) is 0 Å². The van der Waals surface area contributed by atoms with Crippen LogP contribution in [0.4, 0.5) is 11.4 Å². The van der Waals surface area contributed by atoms with Gasteiger partial charge in [-0.3, -0.25) is 20.2 Å². The Hall–Kier alpha value is -2.02. The number of ether oxygens (including phenoxy) is 1. The number of benzene rings is 1. The number of rotatable bonds is 5. The fourth-order valence-corrected chi connectivity index (χ4v) is 7.23. The lowest BCUT2D eigenvalue weighted by Gasteiger charge is -2.61. The van der Waals surface area contributed by atoms with E-state index < -0.39 is 9.85 Å². The highest BCUT2D eigenvalue weighted by atomic mass is 16.6. The van der Waals surface area contributed by atoms with Crippen molar-refractivity contribution in [2.45, 2.75) is 25.6 Å². The molecule has 7 heteroatoms. The van der Waals surface area contributed by atoms with Crippen molar-refractivity contribution in [1.82, 2.24) is 0 Å². The summed E-state index contributed by atoms with van der Waals surface area (Å²) >= 11 is 0. The molecule has 5 fully saturated rings. The van der Waals surface area contributed by atoms with Crippen molar-refractivity contribution < 1.29 is 14.6 Å². The zero-order valence-electron chi connectivity index (χ0n) is 13.5. The van der Waals surface area contributed by atoms with Crippen molar-refractivity contribution in [1.29, 1.82) is 0 Å². The van der Waals surface area contributed by atoms with Crippen LogP contribution in [0.5, 0.6) is 0 Å². The molecule has 0 amide bonds. The van der Waals surface area contributed by atoms with Crippen LogP contribution in [-0.4, -0.2) is 16.0 Å². The molecule has 7 nitrogen and oxygen atoms in total. The van der Waals surface area contributed by atoms with Gasteiger partial charge in [0, 0.05) is 6.07 Å². The van der Waals surface area contributed by atoms with Gasteiger partial charge in [0.05, 0.1) is 34.2 Å². The number of fused-ring (bicyclic) bond motifs is 5. The Bertz CT molecular complexity index is 826. The molecule has 0 heterocycles. The second-order valence-electron chi connectivity index (χ2n) is 8.53. The Morgan fingerprint density at radius 2 is 1.68 bits per heavy atom. The third kappa shape index (κ3) is 1.60. The van der Waals surface area contributed by atoms with E-state index in [1.54, 1.807) is 0 Å². The number of nitro groups is 2. The summed E-state index contributed by atoms with van der Waals surface area (Å²) < 4.78 is 6.16. The minimum absolute atomic E-state index is 0.172. The van der Waals surface area contributed by atoms with Gasteiger partial charge >= 0.3 is 0 Å². The topological polar surface area (TPSA) is 95.5 Å². The largest absolute Gasteiger partial charge is 0.373 e. The first-order valence-electron chi connectivity index (χ1n) is 9.09. The second kappa shape index (κ2) is 4.38. The van der Waals surface area contributed by atoms with E-state index in [2.05, 4.69) is 0 Å². The summed E-state index contributed by atoms with van der Waals surface area (Å²) in [5, 5.41) is 22.1. The van der Waals surface area contributed by atoms with E-state index in [0.717, 1.165) is 53.9 Å². The summed E-state index contributed by atoms with van der Waals surface area (Å²) in [5.74, 6) is 7.11. The van der Waals surface area contributed by atoms with Gasteiger partial charge in [-0.05, 0) is 66.3 Å². The van der Waals surface area contributed by atoms with Gasteiger partial charge in [-0.25, -0.2) is 0 Å². The minimum Gasteiger partial charge on any atom is -0.373 e. The summed E-state index contributed by atoms with van der Waals surface area (Å²) in [5.41, 5.74) is -0.0427. The summed E-state index contributed by atoms with van der Waals surface area (Å²) in [6.45, 7) is 0.172. The molecule has 0 aliphatic heterocycles. The maximum Gasteiger partial charge on any atom is 0.281 e. The molecule has 0 saturated heterocycles. The fraction of sp³-hybridized carbons (Fsp3) is 0.667. The van der Waals surface area contributed by atoms with E-state index in [4.69, 9.17) is 4.74 Å². The van der Waals surface area contributed by atoms with E-state index in [0.29, 0.717) is 11.5 Å². The predicted molar refractivity (Wildman–Crippen MR) is 85.5 cm³/mol. The van der Waals surface area contributed by atoms with Crippen molar-refractivity contribution in [3.8, 4) is 0 Å². The fourth-order valence-electron chi connectivity index (χ4n) is 7.23. The molecule has 1 aromatic carbocycles. The van der Waals surface area contributed by atoms with Gasteiger partial charge in [0.25, 0.3) is 11.4 Å². The molecule has 9 atom stereocenters. The maximum absolute atomic E-state index is 11.3. The smallest absolute Gasteiger partial charge is 0.281 e. The van der Waals surface area contributed by atoms with Crippen LogP contribution in [0, 0.1) is 67.6 Å². The molecule has 0 N–H and O–H groups in total. The normalized spacial score (nSPS) is 46.6. The highest BCUT2D eigenvalue weighted by molar-refractivity contribution is 5.48. The van der Waals surface area contributed by atoms with Gasteiger partial charge in [-0.2, -0.15) is 0 Å². The highest BCUT2D eigenvalue weighted by Crippen LogP contribution is 2.85. The summed E-state index contributed by atoms with van der Waals surface area (Å²) in [6, 6.07) is 3.82. The third-order valence-electron chi connectivity index (χ3n) is 7.95. The van der Waals surface area contributed by atoms with E-state index in [1.165, 1.54) is 18.6 Å². The van der Waals surface area contributed by atoms with Gasteiger partial charge in [0.2, 0.25) is 0 Å². The number of hydrogen-bond acceptors (Lipinski definition) is 5. The zero-order chi connectivity index (χ0) is 17.0. The monoisotopic (exact) mass is 342 g/mol. The molecule has 25 heavy (non-hydrogen) atoms. The first-order chi connectivity index (χ1) is 12.1. The minimum atomic E-state index is -0.608. The van der Waals surface area contributed by atoms with Crippen LogP contribution in [0.1, 0.15) is 18.4 Å². The standard InChI is InChI=1S/C18H18N2O5/c21-19(22)8-2-1-7(12(3-8)20(23)24)6-25-13-5-11-14-9-4-10(9)15-17(13)16(11)18(14)15/h1-3,9-11,13-18H,4-6H2/t9-,10+,11-,13+,14+,15+,16-,17-,18-/m1/s1. The van der Waals surface area contributed by atoms with Crippen molar-refractivity contribution in [3.63, 3.8) is 0 Å².